The summed E-state index contributed by atoms with van der Waals surface area (Å²) >= 11 is 6.13. The molecule has 0 radical (unpaired) electrons. The number of fused-ring (bicyclic) bond motifs is 1. The van der Waals surface area contributed by atoms with E-state index in [1.54, 1.807) is 48.5 Å². The number of para-hydroxylation sites is 1. The van der Waals surface area contributed by atoms with E-state index in [2.05, 4.69) is 9.97 Å². The highest BCUT2D eigenvalue weighted by molar-refractivity contribution is 6.31. The number of anilines is 1. The second-order valence-corrected chi connectivity index (χ2v) is 6.86. The Morgan fingerprint density at radius 2 is 1.83 bits per heavy atom. The van der Waals surface area contributed by atoms with Gasteiger partial charge in [0.15, 0.2) is 0 Å². The number of hydrogen-bond donors (Lipinski definition) is 1. The molecule has 1 N–H and O–H groups in total. The maximum Gasteiger partial charge on any atom is 0.258 e. The van der Waals surface area contributed by atoms with Gasteiger partial charge < -0.3 is 9.88 Å². The Balaban J connectivity index is 1.85. The lowest BCUT2D eigenvalue weighted by molar-refractivity contribution is 0.0985. The Kier molecular flexibility index (Phi) is 5.10. The fourth-order valence-corrected chi connectivity index (χ4v) is 3.37. The SMILES string of the molecule is O=C(c1ccncc1)N(Cc1cc(=O)[nH]c2c(F)cccc12)c1cccc(Cl)c1. The number of halogens is 2. The highest BCUT2D eigenvalue weighted by Gasteiger charge is 2.20. The van der Waals surface area contributed by atoms with Crippen LogP contribution in [-0.4, -0.2) is 15.9 Å². The molecule has 0 spiro atoms. The first-order chi connectivity index (χ1) is 14.0. The van der Waals surface area contributed by atoms with Gasteiger partial charge in [-0.25, -0.2) is 4.39 Å². The summed E-state index contributed by atoms with van der Waals surface area (Å²) in [5.41, 5.74) is 1.17. The Morgan fingerprint density at radius 3 is 2.59 bits per heavy atom. The number of carbonyl (C=O) groups excluding carboxylic acids is 1. The first-order valence-electron chi connectivity index (χ1n) is 8.81. The summed E-state index contributed by atoms with van der Waals surface area (Å²) in [6.45, 7) is 0.0609. The molecule has 5 nitrogen and oxygen atoms in total. The molecule has 0 aliphatic rings. The molecule has 0 aliphatic carbocycles. The molecule has 1 amide bonds. The summed E-state index contributed by atoms with van der Waals surface area (Å²) in [6, 6.07) is 16.0. The molecule has 0 saturated carbocycles. The summed E-state index contributed by atoms with van der Waals surface area (Å²) in [7, 11) is 0. The number of rotatable bonds is 4. The summed E-state index contributed by atoms with van der Waals surface area (Å²) in [5.74, 6) is -0.823. The number of pyridine rings is 2. The molecule has 0 unspecified atom stereocenters. The normalized spacial score (nSPS) is 10.8. The number of aromatic amines is 1. The van der Waals surface area contributed by atoms with Crippen molar-refractivity contribution >= 4 is 34.1 Å². The van der Waals surface area contributed by atoms with Crippen molar-refractivity contribution < 1.29 is 9.18 Å². The van der Waals surface area contributed by atoms with E-state index in [0.717, 1.165) is 0 Å². The van der Waals surface area contributed by atoms with Crippen molar-refractivity contribution in [2.75, 3.05) is 4.90 Å². The van der Waals surface area contributed by atoms with Crippen molar-refractivity contribution in [2.45, 2.75) is 6.54 Å². The minimum absolute atomic E-state index is 0.0609. The van der Waals surface area contributed by atoms with Gasteiger partial charge in [-0.05, 0) is 42.0 Å². The standard InChI is InChI=1S/C22H15ClFN3O2/c23-16-3-1-4-17(12-16)27(22(29)14-7-9-25-10-8-14)13-15-11-20(28)26-21-18(15)5-2-6-19(21)24/h1-12H,13H2,(H,26,28). The van der Waals surface area contributed by atoms with Crippen molar-refractivity contribution in [3.05, 3.63) is 105 Å². The number of aromatic nitrogens is 2. The van der Waals surface area contributed by atoms with Crippen LogP contribution in [0.25, 0.3) is 10.9 Å². The van der Waals surface area contributed by atoms with Crippen molar-refractivity contribution in [1.29, 1.82) is 0 Å². The number of benzene rings is 2. The van der Waals surface area contributed by atoms with Gasteiger partial charge in [0, 0.05) is 40.1 Å². The third kappa shape index (κ3) is 3.88. The van der Waals surface area contributed by atoms with Gasteiger partial charge in [-0.2, -0.15) is 0 Å². The average molecular weight is 408 g/mol. The first-order valence-corrected chi connectivity index (χ1v) is 9.18. The number of H-pyrrole nitrogens is 1. The first kappa shape index (κ1) is 18.8. The molecule has 2 heterocycles. The number of nitrogens with one attached hydrogen (secondary N) is 1. The van der Waals surface area contributed by atoms with Crippen LogP contribution >= 0.6 is 11.6 Å². The van der Waals surface area contributed by atoms with Crippen molar-refractivity contribution in [3.8, 4) is 0 Å². The Morgan fingerprint density at radius 1 is 1.07 bits per heavy atom. The van der Waals surface area contributed by atoms with Crippen LogP contribution in [0, 0.1) is 5.82 Å². The second kappa shape index (κ2) is 7.85. The molecule has 144 valence electrons. The summed E-state index contributed by atoms with van der Waals surface area (Å²) in [6.07, 6.45) is 3.06. The molecule has 0 fully saturated rings. The van der Waals surface area contributed by atoms with Crippen molar-refractivity contribution in [3.63, 3.8) is 0 Å². The smallest absolute Gasteiger partial charge is 0.258 e. The molecule has 0 atom stereocenters. The zero-order valence-corrected chi connectivity index (χ0v) is 15.9. The predicted molar refractivity (Wildman–Crippen MR) is 111 cm³/mol. The third-order valence-corrected chi connectivity index (χ3v) is 4.77. The predicted octanol–water partition coefficient (Wildman–Crippen LogP) is 4.56. The van der Waals surface area contributed by atoms with Crippen LogP contribution in [-0.2, 0) is 6.54 Å². The molecule has 4 aromatic rings. The number of nitrogens with zero attached hydrogens (tertiary/aromatic N) is 2. The molecule has 2 aromatic carbocycles. The average Bonchev–Trinajstić information content (AvgIpc) is 2.73. The van der Waals surface area contributed by atoms with Gasteiger partial charge in [0.2, 0.25) is 5.56 Å². The van der Waals surface area contributed by atoms with E-state index in [1.807, 2.05) is 0 Å². The molecular formula is C22H15ClFN3O2. The lowest BCUT2D eigenvalue weighted by Gasteiger charge is -2.24. The highest BCUT2D eigenvalue weighted by atomic mass is 35.5. The minimum Gasteiger partial charge on any atom is -0.319 e. The van der Waals surface area contributed by atoms with Crippen LogP contribution < -0.4 is 10.5 Å². The van der Waals surface area contributed by atoms with Crippen LogP contribution in [0.4, 0.5) is 10.1 Å². The van der Waals surface area contributed by atoms with Crippen LogP contribution in [0.15, 0.2) is 77.9 Å². The van der Waals surface area contributed by atoms with E-state index in [4.69, 9.17) is 11.6 Å². The molecule has 4 rings (SSSR count). The molecule has 0 saturated heterocycles. The fourth-order valence-electron chi connectivity index (χ4n) is 3.19. The summed E-state index contributed by atoms with van der Waals surface area (Å²) in [5, 5.41) is 0.996. The molecule has 7 heteroatoms. The topological polar surface area (TPSA) is 66.1 Å². The van der Waals surface area contributed by atoms with Gasteiger partial charge in [-0.3, -0.25) is 14.6 Å². The minimum atomic E-state index is -0.531. The van der Waals surface area contributed by atoms with E-state index in [1.165, 1.54) is 29.4 Å². The van der Waals surface area contributed by atoms with E-state index >= 15 is 0 Å². The van der Waals surface area contributed by atoms with Crippen molar-refractivity contribution in [2.24, 2.45) is 0 Å². The zero-order chi connectivity index (χ0) is 20.4. The molecule has 0 aliphatic heterocycles. The van der Waals surface area contributed by atoms with Gasteiger partial charge in [-0.15, -0.1) is 0 Å². The van der Waals surface area contributed by atoms with Crippen molar-refractivity contribution in [1.82, 2.24) is 9.97 Å². The maximum atomic E-state index is 14.2. The molecule has 2 aromatic heterocycles. The quantitative estimate of drug-likeness (QED) is 0.539. The molecule has 29 heavy (non-hydrogen) atoms. The molecular weight excluding hydrogens is 393 g/mol. The Labute approximate surface area is 170 Å². The lowest BCUT2D eigenvalue weighted by atomic mass is 10.1. The third-order valence-electron chi connectivity index (χ3n) is 4.53. The lowest BCUT2D eigenvalue weighted by Crippen LogP contribution is -2.31. The number of hydrogen-bond acceptors (Lipinski definition) is 3. The van der Waals surface area contributed by atoms with E-state index < -0.39 is 11.4 Å². The Bertz CT molecular complexity index is 1260. The number of carbonyl (C=O) groups is 1. The zero-order valence-electron chi connectivity index (χ0n) is 15.1. The van der Waals surface area contributed by atoms with Crippen LogP contribution in [0.5, 0.6) is 0 Å². The van der Waals surface area contributed by atoms with Crippen LogP contribution in [0.3, 0.4) is 0 Å². The Hall–Kier alpha value is -3.51. The van der Waals surface area contributed by atoms with E-state index in [-0.39, 0.29) is 18.0 Å². The highest BCUT2D eigenvalue weighted by Crippen LogP contribution is 2.26. The maximum absolute atomic E-state index is 14.2. The van der Waals surface area contributed by atoms with Crippen LogP contribution in [0.2, 0.25) is 5.02 Å². The second-order valence-electron chi connectivity index (χ2n) is 6.43. The van der Waals surface area contributed by atoms with Gasteiger partial charge in [0.1, 0.15) is 5.82 Å². The summed E-state index contributed by atoms with van der Waals surface area (Å²) in [4.78, 5) is 33.3. The fraction of sp³-hybridized carbons (Fsp3) is 0.0455. The van der Waals surface area contributed by atoms with Gasteiger partial charge in [0.05, 0.1) is 12.1 Å². The summed E-state index contributed by atoms with van der Waals surface area (Å²) < 4.78 is 14.2. The van der Waals surface area contributed by atoms with Gasteiger partial charge >= 0.3 is 0 Å². The van der Waals surface area contributed by atoms with Crippen LogP contribution in [0.1, 0.15) is 15.9 Å². The number of amides is 1. The van der Waals surface area contributed by atoms with Gasteiger partial charge in [-0.1, -0.05) is 29.8 Å². The monoisotopic (exact) mass is 407 g/mol. The van der Waals surface area contributed by atoms with E-state index in [9.17, 15) is 14.0 Å². The largest absolute Gasteiger partial charge is 0.319 e. The van der Waals surface area contributed by atoms with Gasteiger partial charge in [0.25, 0.3) is 5.91 Å². The molecule has 0 bridgehead atoms. The van der Waals surface area contributed by atoms with E-state index in [0.29, 0.717) is 27.2 Å².